The van der Waals surface area contributed by atoms with Gasteiger partial charge in [-0.25, -0.2) is 9.67 Å². The second kappa shape index (κ2) is 8.22. The van der Waals surface area contributed by atoms with Crippen LogP contribution in [0.15, 0.2) is 0 Å². The van der Waals surface area contributed by atoms with Gasteiger partial charge >= 0.3 is 6.18 Å². The molecule has 1 aromatic rings. The molecule has 25 heavy (non-hydrogen) atoms. The van der Waals surface area contributed by atoms with Crippen molar-refractivity contribution in [2.24, 2.45) is 5.73 Å². The van der Waals surface area contributed by atoms with E-state index >= 15 is 0 Å². The maximum atomic E-state index is 12.9. The summed E-state index contributed by atoms with van der Waals surface area (Å²) in [5, 5.41) is 4.24. The van der Waals surface area contributed by atoms with E-state index in [1.165, 1.54) is 0 Å². The number of halogens is 4. The largest absolute Gasteiger partial charge is 0.408 e. The molecule has 0 aliphatic heterocycles. The van der Waals surface area contributed by atoms with Gasteiger partial charge < -0.3 is 10.5 Å². The molecule has 0 spiro atoms. The lowest BCUT2D eigenvalue weighted by Crippen LogP contribution is -2.41. The standard InChI is InChI=1S/C16H25F3N4O.ClH/c1-24-13-8-11(6-7-12(13)20)15-21-14(10-4-2-3-5-10)22-23(15)9-16(17,18)19;/h10-13H,2-9,20H2,1H3;1H/t11-,12-,13-;/m0./s1. The SMILES string of the molecule is CO[C@H]1C[C@@H](c2nc(C3CCCC3)nn2CC(F)(F)F)CC[C@@H]1N.Cl. The topological polar surface area (TPSA) is 66.0 Å². The highest BCUT2D eigenvalue weighted by atomic mass is 35.5. The van der Waals surface area contributed by atoms with Crippen LogP contribution >= 0.6 is 12.4 Å². The quantitative estimate of drug-likeness (QED) is 0.865. The van der Waals surface area contributed by atoms with E-state index < -0.39 is 12.7 Å². The molecule has 0 aromatic carbocycles. The molecule has 5 nitrogen and oxygen atoms in total. The molecule has 2 aliphatic rings. The minimum absolute atomic E-state index is 0. The third kappa shape index (κ3) is 4.86. The number of methoxy groups -OCH3 is 1. The highest BCUT2D eigenvalue weighted by Gasteiger charge is 2.36. The summed E-state index contributed by atoms with van der Waals surface area (Å²) in [6.45, 7) is -1.08. The molecule has 2 fully saturated rings. The number of rotatable bonds is 4. The smallest absolute Gasteiger partial charge is 0.380 e. The molecule has 0 radical (unpaired) electrons. The van der Waals surface area contributed by atoms with Gasteiger partial charge in [-0.05, 0) is 32.1 Å². The Balaban J connectivity index is 0.00000225. The van der Waals surface area contributed by atoms with Crippen LogP contribution in [0.1, 0.15) is 68.4 Å². The molecular formula is C16H26ClF3N4O. The summed E-state index contributed by atoms with van der Waals surface area (Å²) >= 11 is 0. The highest BCUT2D eigenvalue weighted by Crippen LogP contribution is 2.37. The number of aromatic nitrogens is 3. The van der Waals surface area contributed by atoms with Crippen LogP contribution in [0.5, 0.6) is 0 Å². The number of nitrogens with zero attached hydrogens (tertiary/aromatic N) is 3. The molecule has 0 amide bonds. The van der Waals surface area contributed by atoms with Gasteiger partial charge in [-0.2, -0.15) is 18.3 Å². The van der Waals surface area contributed by atoms with E-state index in [1.807, 2.05) is 0 Å². The zero-order valence-corrected chi connectivity index (χ0v) is 15.2. The Kier molecular flexibility index (Phi) is 6.73. The van der Waals surface area contributed by atoms with Gasteiger partial charge in [0, 0.05) is 25.0 Å². The molecule has 1 aromatic heterocycles. The first-order valence-corrected chi connectivity index (χ1v) is 8.67. The van der Waals surface area contributed by atoms with E-state index in [0.29, 0.717) is 18.1 Å². The summed E-state index contributed by atoms with van der Waals surface area (Å²) < 4.78 is 45.3. The van der Waals surface area contributed by atoms with E-state index in [1.54, 1.807) is 7.11 Å². The van der Waals surface area contributed by atoms with Gasteiger partial charge in [-0.1, -0.05) is 12.8 Å². The molecule has 0 bridgehead atoms. The molecule has 144 valence electrons. The number of nitrogens with two attached hydrogens (primary N) is 1. The van der Waals surface area contributed by atoms with E-state index in [9.17, 15) is 13.2 Å². The summed E-state index contributed by atoms with van der Waals surface area (Å²) in [4.78, 5) is 4.55. The Morgan fingerprint density at radius 2 is 1.84 bits per heavy atom. The lowest BCUT2D eigenvalue weighted by molar-refractivity contribution is -0.143. The second-order valence-corrected chi connectivity index (χ2v) is 7.03. The molecule has 3 atom stereocenters. The fraction of sp³-hybridized carbons (Fsp3) is 0.875. The Hall–Kier alpha value is -0.860. The predicted octanol–water partition coefficient (Wildman–Crippen LogP) is 3.53. The van der Waals surface area contributed by atoms with E-state index in [-0.39, 0.29) is 36.4 Å². The van der Waals surface area contributed by atoms with Crippen molar-refractivity contribution in [2.45, 2.75) is 81.6 Å². The van der Waals surface area contributed by atoms with Crippen molar-refractivity contribution in [1.29, 1.82) is 0 Å². The Labute approximate surface area is 151 Å². The van der Waals surface area contributed by atoms with Crippen LogP contribution < -0.4 is 5.73 Å². The van der Waals surface area contributed by atoms with Crippen LogP contribution in [-0.2, 0) is 11.3 Å². The van der Waals surface area contributed by atoms with Gasteiger partial charge in [-0.3, -0.25) is 0 Å². The second-order valence-electron chi connectivity index (χ2n) is 7.03. The number of hydrogen-bond donors (Lipinski definition) is 1. The maximum Gasteiger partial charge on any atom is 0.408 e. The molecule has 3 rings (SSSR count). The monoisotopic (exact) mass is 382 g/mol. The summed E-state index contributed by atoms with van der Waals surface area (Å²) in [5.41, 5.74) is 6.03. The summed E-state index contributed by atoms with van der Waals surface area (Å²) in [6.07, 6.45) is 1.71. The Morgan fingerprint density at radius 1 is 1.16 bits per heavy atom. The molecule has 2 N–H and O–H groups in total. The zero-order valence-electron chi connectivity index (χ0n) is 14.3. The van der Waals surface area contributed by atoms with Crippen LogP contribution in [0, 0.1) is 0 Å². The first-order valence-electron chi connectivity index (χ1n) is 8.67. The first-order chi connectivity index (χ1) is 11.4. The minimum Gasteiger partial charge on any atom is -0.380 e. The van der Waals surface area contributed by atoms with E-state index in [0.717, 1.165) is 43.2 Å². The lowest BCUT2D eigenvalue weighted by atomic mass is 9.83. The lowest BCUT2D eigenvalue weighted by Gasteiger charge is -2.32. The van der Waals surface area contributed by atoms with Gasteiger partial charge in [0.15, 0.2) is 5.82 Å². The van der Waals surface area contributed by atoms with Crippen molar-refractivity contribution in [3.63, 3.8) is 0 Å². The minimum atomic E-state index is -4.30. The van der Waals surface area contributed by atoms with Gasteiger partial charge in [0.25, 0.3) is 0 Å². The average Bonchev–Trinajstić information content (AvgIpc) is 3.15. The van der Waals surface area contributed by atoms with Crippen LogP contribution in [-0.4, -0.2) is 40.2 Å². The van der Waals surface area contributed by atoms with Crippen molar-refractivity contribution in [1.82, 2.24) is 14.8 Å². The van der Waals surface area contributed by atoms with Crippen molar-refractivity contribution in [2.75, 3.05) is 7.11 Å². The molecule has 0 saturated heterocycles. The van der Waals surface area contributed by atoms with Crippen molar-refractivity contribution < 1.29 is 17.9 Å². The first kappa shape index (κ1) is 20.5. The van der Waals surface area contributed by atoms with Crippen LogP contribution in [0.3, 0.4) is 0 Å². The summed E-state index contributed by atoms with van der Waals surface area (Å²) in [5.74, 6) is 1.14. The number of alkyl halides is 3. The van der Waals surface area contributed by atoms with Crippen LogP contribution in [0.25, 0.3) is 0 Å². The Bertz CT molecular complexity index is 560. The van der Waals surface area contributed by atoms with E-state index in [2.05, 4.69) is 10.1 Å². The number of ether oxygens (including phenoxy) is 1. The van der Waals surface area contributed by atoms with Crippen molar-refractivity contribution in [3.8, 4) is 0 Å². The van der Waals surface area contributed by atoms with Crippen LogP contribution in [0.4, 0.5) is 13.2 Å². The third-order valence-corrected chi connectivity index (χ3v) is 5.28. The fourth-order valence-electron chi connectivity index (χ4n) is 3.98. The van der Waals surface area contributed by atoms with Crippen molar-refractivity contribution in [3.05, 3.63) is 11.6 Å². The van der Waals surface area contributed by atoms with E-state index in [4.69, 9.17) is 10.5 Å². The number of hydrogen-bond acceptors (Lipinski definition) is 4. The molecule has 9 heteroatoms. The fourth-order valence-corrected chi connectivity index (χ4v) is 3.98. The normalized spacial score (nSPS) is 28.1. The van der Waals surface area contributed by atoms with Gasteiger partial charge in [0.1, 0.15) is 12.4 Å². The molecular weight excluding hydrogens is 357 g/mol. The maximum absolute atomic E-state index is 12.9. The van der Waals surface area contributed by atoms with Gasteiger partial charge in [-0.15, -0.1) is 12.4 Å². The highest BCUT2D eigenvalue weighted by molar-refractivity contribution is 5.85. The average molecular weight is 383 g/mol. The zero-order chi connectivity index (χ0) is 17.3. The van der Waals surface area contributed by atoms with Crippen molar-refractivity contribution >= 4 is 12.4 Å². The summed E-state index contributed by atoms with van der Waals surface area (Å²) in [7, 11) is 1.59. The third-order valence-electron chi connectivity index (χ3n) is 5.28. The Morgan fingerprint density at radius 3 is 2.44 bits per heavy atom. The molecule has 1 heterocycles. The predicted molar refractivity (Wildman–Crippen MR) is 89.9 cm³/mol. The summed E-state index contributed by atoms with van der Waals surface area (Å²) in [6, 6.07) is -0.0699. The van der Waals surface area contributed by atoms with Gasteiger partial charge in [0.2, 0.25) is 0 Å². The molecule has 2 aliphatic carbocycles. The molecule has 0 unspecified atom stereocenters. The van der Waals surface area contributed by atoms with Crippen LogP contribution in [0.2, 0.25) is 0 Å². The van der Waals surface area contributed by atoms with Gasteiger partial charge in [0.05, 0.1) is 6.10 Å². The molecule has 2 saturated carbocycles.